The summed E-state index contributed by atoms with van der Waals surface area (Å²) < 4.78 is 2.83. The first-order chi connectivity index (χ1) is 30.9. The number of allylic oxidation sites excluding steroid dienone is 8. The van der Waals surface area contributed by atoms with Crippen molar-refractivity contribution in [2.24, 2.45) is 10.8 Å². The largest absolute Gasteiger partial charge is 0.210 e. The maximum Gasteiger partial charge on any atom is -0.0512 e. The van der Waals surface area contributed by atoms with Gasteiger partial charge in [0.1, 0.15) is 0 Å². The van der Waals surface area contributed by atoms with Crippen LogP contribution in [0.5, 0.6) is 0 Å². The second kappa shape index (κ2) is 30.2. The molecule has 10 rings (SSSR count). The molecule has 0 fully saturated rings. The van der Waals surface area contributed by atoms with Gasteiger partial charge in [0.2, 0.25) is 0 Å². The third-order valence-corrected chi connectivity index (χ3v) is 14.5. The van der Waals surface area contributed by atoms with Crippen LogP contribution in [-0.2, 0) is 74.2 Å². The van der Waals surface area contributed by atoms with Gasteiger partial charge < -0.3 is 24.8 Å². The minimum atomic E-state index is 0. The Morgan fingerprint density at radius 1 is 0.424 bits per heavy atom. The predicted molar refractivity (Wildman–Crippen MR) is 269 cm³/mol. The van der Waals surface area contributed by atoms with Crippen LogP contribution in [0.2, 0.25) is 0 Å². The van der Waals surface area contributed by atoms with E-state index in [1.165, 1.54) is 140 Å². The Labute approximate surface area is 442 Å². The second-order valence-corrected chi connectivity index (χ2v) is 21.2. The summed E-state index contributed by atoms with van der Waals surface area (Å²) in [5, 5.41) is 0. The average Bonchev–Trinajstić information content (AvgIpc) is 4.19. The minimum Gasteiger partial charge on any atom is -0.210 e. The number of halogens is 2. The van der Waals surface area contributed by atoms with Crippen molar-refractivity contribution in [1.82, 2.24) is 0 Å². The van der Waals surface area contributed by atoms with E-state index < -0.39 is 0 Å². The van der Waals surface area contributed by atoms with E-state index in [1.54, 1.807) is 22.3 Å². The van der Waals surface area contributed by atoms with Gasteiger partial charge in [-0.1, -0.05) is 104 Å². The zero-order valence-electron chi connectivity index (χ0n) is 40.1. The molecule has 6 aromatic rings. The molecule has 0 N–H and O–H groups in total. The van der Waals surface area contributed by atoms with Crippen LogP contribution in [0.3, 0.4) is 0 Å². The fraction of sp³-hybridized carbons (Fsp3) is 0.290. The Morgan fingerprint density at radius 3 is 0.939 bits per heavy atom. The van der Waals surface area contributed by atoms with Gasteiger partial charge in [-0.05, 0) is 0 Å². The third kappa shape index (κ3) is 19.7. The number of benzene rings is 4. The molecular formula is C62H68Cl2Zr2-2. The van der Waals surface area contributed by atoms with E-state index >= 15 is 0 Å². The van der Waals surface area contributed by atoms with Gasteiger partial charge in [0.25, 0.3) is 0 Å². The van der Waals surface area contributed by atoms with Gasteiger partial charge >= 0.3 is 198 Å². The number of fused-ring (bicyclic) bond motifs is 2. The van der Waals surface area contributed by atoms with Gasteiger partial charge in [0.15, 0.2) is 0 Å². The Kier molecular flexibility index (Phi) is 26.0. The summed E-state index contributed by atoms with van der Waals surface area (Å²) in [6.45, 7) is 13.3. The average molecular weight is 1070 g/mol. The molecule has 0 amide bonds. The van der Waals surface area contributed by atoms with Crippen molar-refractivity contribution in [3.63, 3.8) is 0 Å². The molecule has 0 bridgehead atoms. The van der Waals surface area contributed by atoms with Crippen LogP contribution in [-0.4, -0.2) is 6.41 Å². The fourth-order valence-electron chi connectivity index (χ4n) is 7.82. The van der Waals surface area contributed by atoms with Crippen LogP contribution in [0.4, 0.5) is 0 Å². The number of rotatable bonds is 4. The van der Waals surface area contributed by atoms with Crippen LogP contribution < -0.4 is 24.8 Å². The van der Waals surface area contributed by atoms with Crippen molar-refractivity contribution in [2.45, 2.75) is 106 Å². The summed E-state index contributed by atoms with van der Waals surface area (Å²) in [6.07, 6.45) is 27.9. The summed E-state index contributed by atoms with van der Waals surface area (Å²) in [5.74, 6) is 0. The van der Waals surface area contributed by atoms with Crippen molar-refractivity contribution >= 4 is 6.41 Å². The molecule has 4 aliphatic rings. The zero-order valence-corrected chi connectivity index (χ0v) is 46.6. The van der Waals surface area contributed by atoms with E-state index in [1.807, 2.05) is 0 Å². The van der Waals surface area contributed by atoms with Crippen molar-refractivity contribution < 1.29 is 73.3 Å². The Balaban J connectivity index is 0.000000211. The van der Waals surface area contributed by atoms with Crippen molar-refractivity contribution in [2.75, 3.05) is 0 Å². The van der Waals surface area contributed by atoms with E-state index in [9.17, 15) is 0 Å². The zero-order chi connectivity index (χ0) is 45.6. The molecule has 6 aromatic carbocycles. The second-order valence-electron chi connectivity index (χ2n) is 18.7. The van der Waals surface area contributed by atoms with Crippen LogP contribution in [0.25, 0.3) is 0 Å². The van der Waals surface area contributed by atoms with Crippen LogP contribution >= 0.6 is 0 Å². The van der Waals surface area contributed by atoms with E-state index in [2.05, 4.69) is 236 Å². The first kappa shape index (κ1) is 56.9. The van der Waals surface area contributed by atoms with Gasteiger partial charge in [0, 0.05) is 0 Å². The quantitative estimate of drug-likeness (QED) is 0.155. The first-order valence-corrected chi connectivity index (χ1v) is 25.8. The molecule has 0 aliphatic heterocycles. The molecule has 0 heterocycles. The van der Waals surface area contributed by atoms with Crippen molar-refractivity contribution in [1.29, 1.82) is 0 Å². The topological polar surface area (TPSA) is 0 Å². The van der Waals surface area contributed by atoms with Crippen molar-refractivity contribution in [3.8, 4) is 0 Å². The maximum absolute atomic E-state index is 3.16. The monoisotopic (exact) mass is 1060 g/mol. The van der Waals surface area contributed by atoms with E-state index in [0.29, 0.717) is 10.8 Å². The smallest absolute Gasteiger partial charge is 0.0512 e. The third-order valence-electron chi connectivity index (χ3n) is 11.7. The first-order valence-electron chi connectivity index (χ1n) is 23.3. The molecule has 0 nitrogen and oxygen atoms in total. The molecule has 0 radical (unpaired) electrons. The molecule has 0 atom stereocenters. The number of aryl methyl sites for hydroxylation is 4. The van der Waals surface area contributed by atoms with Gasteiger partial charge in [0.05, 0.1) is 0 Å². The molecule has 4 aliphatic carbocycles. The molecular weight excluding hydrogens is 998 g/mol. The summed E-state index contributed by atoms with van der Waals surface area (Å²) >= 11 is 2.92. The maximum atomic E-state index is 3.16. The van der Waals surface area contributed by atoms with Gasteiger partial charge in [-0.3, -0.25) is 12.2 Å². The van der Waals surface area contributed by atoms with Gasteiger partial charge in [-0.2, -0.15) is 69.8 Å². The van der Waals surface area contributed by atoms with Crippen LogP contribution in [0, 0.1) is 23.0 Å². The molecule has 340 valence electrons. The molecule has 4 heteroatoms. The molecule has 0 saturated heterocycles. The van der Waals surface area contributed by atoms with Gasteiger partial charge in [-0.15, -0.1) is 12.8 Å². The molecule has 0 aromatic heterocycles. The van der Waals surface area contributed by atoms with Crippen molar-refractivity contribution in [3.05, 3.63) is 250 Å². The standard InChI is InChI=1S/2C13H10.2C9H11.2C9H13.2ClH.2Zr/c2*1-3-7-12(8-4-1)11-13-9-5-2-6-10-13;2*1-2-5-9-7-3-6-8(9)4-1;2*1-9(2,3)8-6-4-5-7-8;;;;/h2*1-10H;2*3,6-7H,1-2,4-5H2;2*6-7H,4H2,1-3H3;2*1H;;/q;;4*-1;;;2*+2/p-2. The Morgan fingerprint density at radius 2 is 0.712 bits per heavy atom. The number of hydrogen-bond acceptors (Lipinski definition) is 0. The van der Waals surface area contributed by atoms with Gasteiger partial charge in [-0.25, -0.2) is 24.3 Å². The molecule has 0 unspecified atom stereocenters. The summed E-state index contributed by atoms with van der Waals surface area (Å²) in [5.41, 5.74) is 15.2. The minimum absolute atomic E-state index is 0. The summed E-state index contributed by atoms with van der Waals surface area (Å²) in [7, 11) is 0. The Bertz CT molecular complexity index is 2120. The summed E-state index contributed by atoms with van der Waals surface area (Å²) in [6, 6.07) is 55.6. The normalized spacial score (nSPS) is 13.9. The Hall–Kier alpha value is -3.37. The molecule has 0 spiro atoms. The fourth-order valence-corrected chi connectivity index (χ4v) is 9.46. The summed E-state index contributed by atoms with van der Waals surface area (Å²) in [4.78, 5) is 0. The predicted octanol–water partition coefficient (Wildman–Crippen LogP) is 9.62. The molecule has 66 heavy (non-hydrogen) atoms. The van der Waals surface area contributed by atoms with E-state index in [-0.39, 0.29) is 24.8 Å². The van der Waals surface area contributed by atoms with Crippen LogP contribution in [0.1, 0.15) is 125 Å². The SMILES string of the molecule is CC(C)(C)C1=CC[C-]=C1.CC(C)(C)C1=CC[C-]=C1.[Cl-].[Cl-].[Zr+2]=[C](c1ccccc1)c1ccccc1.[Zr+2]=[C](c1ccccc1)c1ccccc1.c1cc2c([cH-]1)CCCC2.c1cc2c([cH-]1)CCCC2. The van der Waals surface area contributed by atoms with E-state index in [4.69, 9.17) is 0 Å². The molecule has 0 saturated carbocycles. The van der Waals surface area contributed by atoms with Crippen LogP contribution in [0.15, 0.2) is 193 Å². The van der Waals surface area contributed by atoms with E-state index in [0.717, 1.165) is 12.8 Å². The number of hydrogen-bond donors (Lipinski definition) is 0.